The van der Waals surface area contributed by atoms with Crippen LogP contribution in [0.25, 0.3) is 0 Å². The normalized spacial score (nSPS) is 10.4. The Morgan fingerprint density at radius 1 is 1.25 bits per heavy atom. The fourth-order valence-electron chi connectivity index (χ4n) is 2.15. The van der Waals surface area contributed by atoms with Crippen LogP contribution in [-0.4, -0.2) is 20.9 Å². The molecule has 3 N–H and O–H groups in total. The Morgan fingerprint density at radius 3 is 2.83 bits per heavy atom. The Morgan fingerprint density at radius 2 is 2.08 bits per heavy atom. The van der Waals surface area contributed by atoms with Gasteiger partial charge in [-0.1, -0.05) is 24.3 Å². The van der Waals surface area contributed by atoms with E-state index >= 15 is 0 Å². The van der Waals surface area contributed by atoms with Gasteiger partial charge in [-0.05, 0) is 24.6 Å². The zero-order valence-electron chi connectivity index (χ0n) is 13.0. The number of carbonyl (C=O) groups excluding carboxylic acids is 1. The standard InChI is InChI=1S/C17H16N4O3/c1-11-5-2-3-7-14(11)24-16-12(6-4-8-18-16)9-19-15(22)13-10-20-17(23)21-13/h2-8,10H,9H2,1H3,(H,19,22)(H2,20,21,23). The summed E-state index contributed by atoms with van der Waals surface area (Å²) in [4.78, 5) is 32.1. The molecule has 2 heterocycles. The first-order valence-corrected chi connectivity index (χ1v) is 7.37. The highest BCUT2D eigenvalue weighted by Gasteiger charge is 2.11. The van der Waals surface area contributed by atoms with Crippen molar-refractivity contribution in [3.05, 3.63) is 76.1 Å². The lowest BCUT2D eigenvalue weighted by Gasteiger charge is -2.12. The first-order valence-electron chi connectivity index (χ1n) is 7.37. The van der Waals surface area contributed by atoms with Crippen LogP contribution in [0.15, 0.2) is 53.6 Å². The van der Waals surface area contributed by atoms with Crippen LogP contribution in [0.4, 0.5) is 0 Å². The van der Waals surface area contributed by atoms with Crippen molar-refractivity contribution in [2.75, 3.05) is 0 Å². The molecular formula is C17H16N4O3. The third-order valence-electron chi connectivity index (χ3n) is 3.43. The maximum atomic E-state index is 12.0. The number of amides is 1. The molecule has 0 saturated heterocycles. The average Bonchev–Trinajstić information content (AvgIpc) is 3.02. The predicted octanol–water partition coefficient (Wildman–Crippen LogP) is 2.13. The van der Waals surface area contributed by atoms with E-state index < -0.39 is 5.69 Å². The number of aryl methyl sites for hydroxylation is 1. The Bertz CT molecular complexity index is 914. The summed E-state index contributed by atoms with van der Waals surface area (Å²) >= 11 is 0. The summed E-state index contributed by atoms with van der Waals surface area (Å²) in [7, 11) is 0. The number of hydrogen-bond donors (Lipinski definition) is 3. The van der Waals surface area contributed by atoms with Gasteiger partial charge in [-0.25, -0.2) is 9.78 Å². The van der Waals surface area contributed by atoms with Gasteiger partial charge in [-0.15, -0.1) is 0 Å². The number of para-hydroxylation sites is 1. The molecule has 7 nitrogen and oxygen atoms in total. The molecule has 3 aromatic rings. The molecule has 7 heteroatoms. The fraction of sp³-hybridized carbons (Fsp3) is 0.118. The number of ether oxygens (including phenoxy) is 1. The minimum atomic E-state index is -0.426. The lowest BCUT2D eigenvalue weighted by molar-refractivity contribution is 0.0946. The van der Waals surface area contributed by atoms with E-state index in [0.717, 1.165) is 11.1 Å². The van der Waals surface area contributed by atoms with E-state index in [2.05, 4.69) is 20.3 Å². The first-order chi connectivity index (χ1) is 11.6. The van der Waals surface area contributed by atoms with Gasteiger partial charge in [-0.2, -0.15) is 0 Å². The maximum Gasteiger partial charge on any atom is 0.323 e. The average molecular weight is 324 g/mol. The highest BCUT2D eigenvalue weighted by Crippen LogP contribution is 2.25. The van der Waals surface area contributed by atoms with Crippen LogP contribution in [0.2, 0.25) is 0 Å². The number of nitrogens with zero attached hydrogens (tertiary/aromatic N) is 1. The van der Waals surface area contributed by atoms with Gasteiger partial charge >= 0.3 is 5.69 Å². The zero-order chi connectivity index (χ0) is 16.9. The molecule has 0 aliphatic rings. The van der Waals surface area contributed by atoms with Gasteiger partial charge in [0.05, 0.1) is 0 Å². The second-order valence-electron chi connectivity index (χ2n) is 5.17. The van der Waals surface area contributed by atoms with Crippen molar-refractivity contribution in [2.24, 2.45) is 0 Å². The molecular weight excluding hydrogens is 308 g/mol. The monoisotopic (exact) mass is 324 g/mol. The summed E-state index contributed by atoms with van der Waals surface area (Å²) in [5.41, 5.74) is 1.46. The molecule has 24 heavy (non-hydrogen) atoms. The lowest BCUT2D eigenvalue weighted by Crippen LogP contribution is -2.24. The summed E-state index contributed by atoms with van der Waals surface area (Å²) in [6.07, 6.45) is 2.95. The Kier molecular flexibility index (Phi) is 4.42. The van der Waals surface area contributed by atoms with Gasteiger partial charge < -0.3 is 20.0 Å². The summed E-state index contributed by atoms with van der Waals surface area (Å²) in [6, 6.07) is 11.2. The van der Waals surface area contributed by atoms with E-state index in [1.807, 2.05) is 37.3 Å². The third kappa shape index (κ3) is 3.52. The fourth-order valence-corrected chi connectivity index (χ4v) is 2.15. The third-order valence-corrected chi connectivity index (χ3v) is 3.43. The molecule has 2 aromatic heterocycles. The van der Waals surface area contributed by atoms with Gasteiger partial charge in [0.15, 0.2) is 0 Å². The molecule has 1 amide bonds. The number of rotatable bonds is 5. The van der Waals surface area contributed by atoms with Gasteiger partial charge in [0.1, 0.15) is 11.4 Å². The van der Waals surface area contributed by atoms with E-state index in [0.29, 0.717) is 11.6 Å². The second-order valence-corrected chi connectivity index (χ2v) is 5.17. The van der Waals surface area contributed by atoms with Crippen LogP contribution in [0.1, 0.15) is 21.6 Å². The summed E-state index contributed by atoms with van der Waals surface area (Å²) in [5, 5.41) is 2.72. The largest absolute Gasteiger partial charge is 0.438 e. The highest BCUT2D eigenvalue weighted by molar-refractivity contribution is 5.91. The molecule has 0 aliphatic carbocycles. The number of imidazole rings is 1. The second kappa shape index (κ2) is 6.82. The summed E-state index contributed by atoms with van der Waals surface area (Å²) in [5.74, 6) is 0.743. The quantitative estimate of drug-likeness (QED) is 0.669. The smallest absolute Gasteiger partial charge is 0.323 e. The topological polar surface area (TPSA) is 99.9 Å². The van der Waals surface area contributed by atoms with Gasteiger partial charge in [0, 0.05) is 24.5 Å². The lowest BCUT2D eigenvalue weighted by atomic mass is 10.2. The van der Waals surface area contributed by atoms with Gasteiger partial charge in [0.2, 0.25) is 5.88 Å². The minimum absolute atomic E-state index is 0.172. The number of pyridine rings is 1. The van der Waals surface area contributed by atoms with Gasteiger partial charge in [-0.3, -0.25) is 4.79 Å². The number of benzene rings is 1. The SMILES string of the molecule is Cc1ccccc1Oc1ncccc1CNC(=O)c1c[nH]c(=O)[nH]1. The van der Waals surface area contributed by atoms with Gasteiger partial charge in [0.25, 0.3) is 5.91 Å². The zero-order valence-corrected chi connectivity index (χ0v) is 13.0. The molecule has 1 aromatic carbocycles. The van der Waals surface area contributed by atoms with E-state index in [1.165, 1.54) is 6.20 Å². The van der Waals surface area contributed by atoms with Crippen LogP contribution in [0.5, 0.6) is 11.6 Å². The van der Waals surface area contributed by atoms with E-state index in [9.17, 15) is 9.59 Å². The number of aromatic amines is 2. The number of aromatic nitrogens is 3. The number of H-pyrrole nitrogens is 2. The van der Waals surface area contributed by atoms with Crippen molar-refractivity contribution in [1.29, 1.82) is 0 Å². The van der Waals surface area contributed by atoms with Crippen LogP contribution >= 0.6 is 0 Å². The number of nitrogens with one attached hydrogen (secondary N) is 3. The first kappa shape index (κ1) is 15.5. The minimum Gasteiger partial charge on any atom is -0.438 e. The Balaban J connectivity index is 1.73. The molecule has 0 spiro atoms. The summed E-state index contributed by atoms with van der Waals surface area (Å²) in [6.45, 7) is 2.17. The van der Waals surface area contributed by atoms with Crippen LogP contribution < -0.4 is 15.7 Å². The van der Waals surface area contributed by atoms with Crippen LogP contribution in [0, 0.1) is 6.92 Å². The van der Waals surface area contributed by atoms with Crippen molar-refractivity contribution in [2.45, 2.75) is 13.5 Å². The molecule has 3 rings (SSSR count). The molecule has 0 aliphatic heterocycles. The van der Waals surface area contributed by atoms with Crippen molar-refractivity contribution in [3.63, 3.8) is 0 Å². The van der Waals surface area contributed by atoms with Crippen molar-refractivity contribution in [1.82, 2.24) is 20.3 Å². The van der Waals surface area contributed by atoms with E-state index in [1.54, 1.807) is 12.3 Å². The molecule has 0 radical (unpaired) electrons. The Hall–Kier alpha value is -3.35. The van der Waals surface area contributed by atoms with Crippen LogP contribution in [0.3, 0.4) is 0 Å². The van der Waals surface area contributed by atoms with E-state index in [-0.39, 0.29) is 18.1 Å². The van der Waals surface area contributed by atoms with Crippen molar-refractivity contribution < 1.29 is 9.53 Å². The summed E-state index contributed by atoms with van der Waals surface area (Å²) < 4.78 is 5.86. The maximum absolute atomic E-state index is 12.0. The van der Waals surface area contributed by atoms with E-state index in [4.69, 9.17) is 4.74 Å². The molecule has 122 valence electrons. The molecule has 0 bridgehead atoms. The number of carbonyl (C=O) groups is 1. The van der Waals surface area contributed by atoms with Crippen LogP contribution in [-0.2, 0) is 6.54 Å². The Labute approximate surface area is 137 Å². The highest BCUT2D eigenvalue weighted by atomic mass is 16.5. The number of hydrogen-bond acceptors (Lipinski definition) is 4. The predicted molar refractivity (Wildman–Crippen MR) is 88.1 cm³/mol. The molecule has 0 saturated carbocycles. The van der Waals surface area contributed by atoms with Crippen molar-refractivity contribution >= 4 is 5.91 Å². The molecule has 0 unspecified atom stereocenters. The van der Waals surface area contributed by atoms with Crippen molar-refractivity contribution in [3.8, 4) is 11.6 Å². The molecule has 0 atom stereocenters. The molecule has 0 fully saturated rings.